The molecule has 1 fully saturated rings. The van der Waals surface area contributed by atoms with Crippen molar-refractivity contribution in [3.8, 4) is 11.4 Å². The van der Waals surface area contributed by atoms with Gasteiger partial charge in [-0.1, -0.05) is 12.1 Å². The molecule has 4 heterocycles. The van der Waals surface area contributed by atoms with E-state index in [1.807, 2.05) is 58.9 Å². The number of piperidine rings is 1. The normalized spacial score (nSPS) is 14.8. The maximum Gasteiger partial charge on any atom is 0.339 e. The van der Waals surface area contributed by atoms with Crippen molar-refractivity contribution in [3.63, 3.8) is 0 Å². The molecule has 0 amide bonds. The van der Waals surface area contributed by atoms with Crippen LogP contribution in [-0.2, 0) is 20.8 Å². The van der Waals surface area contributed by atoms with E-state index in [1.165, 1.54) is 13.4 Å². The number of hydrogen-bond donors (Lipinski definition) is 1. The number of methoxy groups -OCH3 is 1. The lowest BCUT2D eigenvalue weighted by atomic mass is 9.93. The summed E-state index contributed by atoms with van der Waals surface area (Å²) < 4.78 is 12.3. The first-order chi connectivity index (χ1) is 20.5. The van der Waals surface area contributed by atoms with E-state index in [2.05, 4.69) is 35.7 Å². The highest BCUT2D eigenvalue weighted by Crippen LogP contribution is 2.31. The number of carbonyl (C=O) groups excluding carboxylic acids is 2. The molecule has 1 aromatic carbocycles. The minimum absolute atomic E-state index is 0.101. The number of esters is 2. The number of carbonyl (C=O) groups is 2. The van der Waals surface area contributed by atoms with Gasteiger partial charge in [0, 0.05) is 36.0 Å². The Balaban J connectivity index is 1.38. The second kappa shape index (κ2) is 12.5. The van der Waals surface area contributed by atoms with E-state index in [0.717, 1.165) is 42.7 Å². The van der Waals surface area contributed by atoms with Gasteiger partial charge in [0.1, 0.15) is 17.4 Å². The molecular weight excluding hydrogens is 550 g/mol. The summed E-state index contributed by atoms with van der Waals surface area (Å²) >= 11 is 0. The zero-order chi connectivity index (χ0) is 30.7. The Labute approximate surface area is 250 Å². The molecule has 1 aliphatic rings. The van der Waals surface area contributed by atoms with Gasteiger partial charge >= 0.3 is 11.9 Å². The number of benzene rings is 1. The first-order valence-electron chi connectivity index (χ1n) is 14.6. The van der Waals surface area contributed by atoms with E-state index in [0.29, 0.717) is 35.7 Å². The average molecular weight is 590 g/mol. The molecule has 13 heteroatoms. The lowest BCUT2D eigenvalue weighted by Gasteiger charge is -2.32. The van der Waals surface area contributed by atoms with Crippen LogP contribution in [0.4, 0.5) is 11.5 Å². The van der Waals surface area contributed by atoms with E-state index in [4.69, 9.17) is 9.47 Å². The predicted molar refractivity (Wildman–Crippen MR) is 160 cm³/mol. The third-order valence-corrected chi connectivity index (χ3v) is 7.32. The summed E-state index contributed by atoms with van der Waals surface area (Å²) in [5.74, 6) is 0.746. The molecule has 0 spiro atoms. The summed E-state index contributed by atoms with van der Waals surface area (Å²) in [5, 5.41) is 20.6. The smallest absolute Gasteiger partial charge is 0.339 e. The molecule has 0 bridgehead atoms. The molecule has 0 saturated carbocycles. The van der Waals surface area contributed by atoms with Gasteiger partial charge in [-0.05, 0) is 83.8 Å². The molecule has 1 aliphatic heterocycles. The Morgan fingerprint density at radius 1 is 1.16 bits per heavy atom. The van der Waals surface area contributed by atoms with Gasteiger partial charge in [-0.15, -0.1) is 10.2 Å². The van der Waals surface area contributed by atoms with Gasteiger partial charge in [0.25, 0.3) is 0 Å². The molecule has 4 aromatic rings. The fourth-order valence-corrected chi connectivity index (χ4v) is 5.23. The number of nitrogens with zero attached hydrogens (tertiary/aromatic N) is 8. The van der Waals surface area contributed by atoms with E-state index in [9.17, 15) is 9.59 Å². The minimum atomic E-state index is -0.488. The summed E-state index contributed by atoms with van der Waals surface area (Å²) in [6.45, 7) is 11.7. The quantitative estimate of drug-likeness (QED) is 0.277. The molecule has 0 aliphatic carbocycles. The number of tetrazole rings is 1. The molecule has 0 atom stereocenters. The van der Waals surface area contributed by atoms with Crippen LogP contribution >= 0.6 is 0 Å². The van der Waals surface area contributed by atoms with Crippen LogP contribution in [0.3, 0.4) is 0 Å². The fourth-order valence-electron chi connectivity index (χ4n) is 5.23. The first kappa shape index (κ1) is 30.1. The van der Waals surface area contributed by atoms with Gasteiger partial charge in [0.2, 0.25) is 5.82 Å². The molecule has 0 unspecified atom stereocenters. The van der Waals surface area contributed by atoms with Crippen LogP contribution in [0.1, 0.15) is 75.8 Å². The van der Waals surface area contributed by atoms with E-state index < -0.39 is 11.6 Å². The molecule has 5 rings (SSSR count). The monoisotopic (exact) mass is 589 g/mol. The Kier molecular flexibility index (Phi) is 8.71. The summed E-state index contributed by atoms with van der Waals surface area (Å²) in [4.78, 5) is 33.6. The van der Waals surface area contributed by atoms with Crippen molar-refractivity contribution in [2.45, 2.75) is 72.1 Å². The number of ether oxygens (including phenoxy) is 2. The van der Waals surface area contributed by atoms with Crippen molar-refractivity contribution < 1.29 is 19.1 Å². The van der Waals surface area contributed by atoms with Crippen LogP contribution in [0.2, 0.25) is 0 Å². The second-order valence-corrected chi connectivity index (χ2v) is 12.2. The summed E-state index contributed by atoms with van der Waals surface area (Å²) in [6.07, 6.45) is 5.27. The number of fused-ring (bicyclic) bond motifs is 1. The highest BCUT2D eigenvalue weighted by atomic mass is 16.6. The second-order valence-electron chi connectivity index (χ2n) is 12.2. The lowest BCUT2D eigenvalue weighted by molar-refractivity contribution is -0.156. The van der Waals surface area contributed by atoms with Gasteiger partial charge in [0.15, 0.2) is 5.82 Å². The number of rotatable bonds is 9. The minimum Gasteiger partial charge on any atom is -0.465 e. The van der Waals surface area contributed by atoms with Gasteiger partial charge in [-0.3, -0.25) is 9.69 Å². The molecule has 3 aromatic heterocycles. The molecular formula is C30H39N9O4. The van der Waals surface area contributed by atoms with Crippen molar-refractivity contribution in [1.29, 1.82) is 0 Å². The predicted octanol–water partition coefficient (Wildman–Crippen LogP) is 4.44. The number of aromatic nitrogens is 7. The van der Waals surface area contributed by atoms with Crippen molar-refractivity contribution in [3.05, 3.63) is 47.9 Å². The molecule has 13 nitrogen and oxygen atoms in total. The Hall–Kier alpha value is -4.39. The third-order valence-electron chi connectivity index (χ3n) is 7.32. The highest BCUT2D eigenvalue weighted by molar-refractivity contribution is 5.95. The average Bonchev–Trinajstić information content (AvgIpc) is 3.59. The zero-order valence-electron chi connectivity index (χ0n) is 25.6. The van der Waals surface area contributed by atoms with Crippen LogP contribution < -0.4 is 5.32 Å². The summed E-state index contributed by atoms with van der Waals surface area (Å²) in [6, 6.07) is 7.79. The number of nitrogens with one attached hydrogen (secondary N) is 1. The third kappa shape index (κ3) is 7.16. The van der Waals surface area contributed by atoms with E-state index >= 15 is 0 Å². The van der Waals surface area contributed by atoms with Gasteiger partial charge < -0.3 is 14.8 Å². The molecule has 0 radical (unpaired) electrons. The standard InChI is InChI=1S/C30H39N9O4/c1-19(2)39-35-27(34-36-39)21-8-7-9-22(15-21)33-28-26-23(24(29(41)42-6)17-38(26)32-18-31-28)16-37-12-10-20(11-13-37)14-25(40)43-30(3,4)5/h7-9,15,17-20H,10-14,16H2,1-6H3,(H,31,32,33). The van der Waals surface area contributed by atoms with Crippen molar-refractivity contribution in [2.75, 3.05) is 25.5 Å². The van der Waals surface area contributed by atoms with Gasteiger partial charge in [-0.25, -0.2) is 14.3 Å². The first-order valence-corrected chi connectivity index (χ1v) is 14.6. The summed E-state index contributed by atoms with van der Waals surface area (Å²) in [5.41, 5.74) is 2.99. The van der Waals surface area contributed by atoms with Crippen LogP contribution in [0.25, 0.3) is 16.9 Å². The lowest BCUT2D eigenvalue weighted by Crippen LogP contribution is -2.35. The molecule has 1 N–H and O–H groups in total. The summed E-state index contributed by atoms with van der Waals surface area (Å²) in [7, 11) is 1.37. The van der Waals surface area contributed by atoms with E-state index in [1.54, 1.807) is 15.5 Å². The number of anilines is 2. The van der Waals surface area contributed by atoms with Gasteiger partial charge in [0.05, 0.1) is 18.7 Å². The molecule has 228 valence electrons. The zero-order valence-corrected chi connectivity index (χ0v) is 25.6. The Morgan fingerprint density at radius 3 is 2.60 bits per heavy atom. The molecule has 43 heavy (non-hydrogen) atoms. The Morgan fingerprint density at radius 2 is 1.93 bits per heavy atom. The van der Waals surface area contributed by atoms with Crippen LogP contribution in [0.15, 0.2) is 36.8 Å². The highest BCUT2D eigenvalue weighted by Gasteiger charge is 2.28. The Bertz CT molecular complexity index is 1600. The molecule has 1 saturated heterocycles. The topological polar surface area (TPSA) is 142 Å². The SMILES string of the molecule is COC(=O)c1cn2ncnc(Nc3cccc(-c4nnn(C(C)C)n4)c3)c2c1CN1CCC(CC(=O)OC(C)(C)C)CC1. The van der Waals surface area contributed by atoms with Crippen LogP contribution in [-0.4, -0.2) is 77.4 Å². The largest absolute Gasteiger partial charge is 0.465 e. The van der Waals surface area contributed by atoms with Crippen molar-refractivity contribution in [2.24, 2.45) is 5.92 Å². The van der Waals surface area contributed by atoms with Crippen molar-refractivity contribution in [1.82, 2.24) is 39.7 Å². The van der Waals surface area contributed by atoms with Crippen molar-refractivity contribution >= 4 is 29.0 Å². The number of likely N-dealkylation sites (tertiary alicyclic amines) is 1. The maximum absolute atomic E-state index is 12.9. The fraction of sp³-hybridized carbons (Fsp3) is 0.500. The van der Waals surface area contributed by atoms with Crippen LogP contribution in [0, 0.1) is 5.92 Å². The van der Waals surface area contributed by atoms with Gasteiger partial charge in [-0.2, -0.15) is 9.90 Å². The van der Waals surface area contributed by atoms with E-state index in [-0.39, 0.29) is 17.9 Å². The maximum atomic E-state index is 12.9. The number of hydrogen-bond acceptors (Lipinski definition) is 11. The van der Waals surface area contributed by atoms with Crippen LogP contribution in [0.5, 0.6) is 0 Å².